The van der Waals surface area contributed by atoms with Gasteiger partial charge < -0.3 is 14.7 Å². The molecule has 3 atom stereocenters. The zero-order chi connectivity index (χ0) is 28.4. The number of sulfonamides is 1. The predicted octanol–water partition coefficient (Wildman–Crippen LogP) is 5.49. The van der Waals surface area contributed by atoms with Crippen LogP contribution in [0.1, 0.15) is 66.9 Å². The number of halogens is 1. The first-order chi connectivity index (χ1) is 19.1. The van der Waals surface area contributed by atoms with E-state index in [9.17, 15) is 18.3 Å². The van der Waals surface area contributed by atoms with Gasteiger partial charge in [-0.05, 0) is 111 Å². The minimum absolute atomic E-state index is 0.175. The van der Waals surface area contributed by atoms with Crippen LogP contribution in [0.2, 0.25) is 5.02 Å². The third kappa shape index (κ3) is 6.34. The molecule has 2 aliphatic carbocycles. The molecule has 2 aromatic rings. The van der Waals surface area contributed by atoms with E-state index >= 15 is 0 Å². The van der Waals surface area contributed by atoms with Crippen LogP contribution in [-0.2, 0) is 23.1 Å². The number of aryl methyl sites for hydroxylation is 1. The number of amides is 1. The lowest BCUT2D eigenvalue weighted by molar-refractivity contribution is 0.0282. The zero-order valence-corrected chi connectivity index (χ0v) is 24.6. The molecule has 0 aromatic heterocycles. The van der Waals surface area contributed by atoms with Gasteiger partial charge in [0.05, 0.1) is 17.0 Å². The summed E-state index contributed by atoms with van der Waals surface area (Å²) in [6, 6.07) is 11.0. The van der Waals surface area contributed by atoms with Crippen molar-refractivity contribution in [3.05, 3.63) is 70.8 Å². The maximum atomic E-state index is 13.2. The minimum Gasteiger partial charge on any atom is -0.487 e. The standard InChI is InChI=1S/C31H39ClN2O5S/c1-3-21-14-27(15-21)40(37,38)33-31(36)23-9-12-30-29(17-23)34(18-24-8-11-28(24)20(2)35)13-5-4-6-22-16-26(32)10-7-25(22)19-39-30/h3,7,9-10,12,16-17,20-21,24,27-28,35H,1,4-6,8,11,13-15,18-19H2,2H3,(H,33,36)/t20-,21-,24-,27+,28-/m0/s1. The van der Waals surface area contributed by atoms with Crippen molar-refractivity contribution in [1.82, 2.24) is 4.72 Å². The Balaban J connectivity index is 1.43. The summed E-state index contributed by atoms with van der Waals surface area (Å²) in [7, 11) is -3.78. The van der Waals surface area contributed by atoms with Crippen molar-refractivity contribution in [2.24, 2.45) is 17.8 Å². The number of ether oxygens (including phenoxy) is 1. The quantitative estimate of drug-likeness (QED) is 0.416. The van der Waals surface area contributed by atoms with Crippen molar-refractivity contribution in [1.29, 1.82) is 0 Å². The number of fused-ring (bicyclic) bond motifs is 2. The molecule has 0 spiro atoms. The summed E-state index contributed by atoms with van der Waals surface area (Å²) in [6.45, 7) is 7.43. The Bertz CT molecular complexity index is 1360. The molecule has 2 saturated carbocycles. The Morgan fingerprint density at radius 3 is 2.70 bits per heavy atom. The summed E-state index contributed by atoms with van der Waals surface area (Å²) in [6.07, 6.45) is 7.19. The normalized spacial score (nSPS) is 25.5. The van der Waals surface area contributed by atoms with Crippen LogP contribution in [-0.4, -0.2) is 43.9 Å². The van der Waals surface area contributed by atoms with Gasteiger partial charge >= 0.3 is 0 Å². The van der Waals surface area contributed by atoms with Crippen molar-refractivity contribution in [3.8, 4) is 5.75 Å². The van der Waals surface area contributed by atoms with Gasteiger partial charge in [-0.3, -0.25) is 4.79 Å². The molecule has 9 heteroatoms. The Morgan fingerprint density at radius 1 is 1.20 bits per heavy atom. The first kappa shape index (κ1) is 29.0. The minimum atomic E-state index is -3.78. The molecule has 5 rings (SSSR count). The molecule has 2 N–H and O–H groups in total. The van der Waals surface area contributed by atoms with Gasteiger partial charge in [0.2, 0.25) is 10.0 Å². The number of nitrogens with zero attached hydrogens (tertiary/aromatic N) is 1. The third-order valence-corrected chi connectivity index (χ3v) is 10.9. The van der Waals surface area contributed by atoms with Gasteiger partial charge in [-0.1, -0.05) is 23.7 Å². The molecule has 40 heavy (non-hydrogen) atoms. The van der Waals surface area contributed by atoms with Crippen LogP contribution in [0.4, 0.5) is 5.69 Å². The smallest absolute Gasteiger partial charge is 0.264 e. The molecule has 0 radical (unpaired) electrons. The number of rotatable bonds is 7. The van der Waals surface area contributed by atoms with E-state index < -0.39 is 21.2 Å². The van der Waals surface area contributed by atoms with Crippen molar-refractivity contribution >= 4 is 33.2 Å². The van der Waals surface area contributed by atoms with E-state index in [0.29, 0.717) is 36.1 Å². The Kier molecular flexibility index (Phi) is 8.78. The number of hydrogen-bond donors (Lipinski definition) is 2. The number of anilines is 1. The fourth-order valence-electron chi connectivity index (χ4n) is 6.14. The SMILES string of the molecule is C=C[C@H]1C[C@@H](S(=O)(=O)NC(=O)c2ccc3c(c2)N(C[C@@H]2CC[C@H]2[C@H](C)O)CCCCc2cc(Cl)ccc2CO3)C1. The number of benzene rings is 2. The van der Waals surface area contributed by atoms with Crippen LogP contribution in [0.5, 0.6) is 5.75 Å². The highest BCUT2D eigenvalue weighted by Gasteiger charge is 2.39. The van der Waals surface area contributed by atoms with Crippen LogP contribution < -0.4 is 14.4 Å². The largest absolute Gasteiger partial charge is 0.487 e. The molecular weight excluding hydrogens is 548 g/mol. The molecule has 0 saturated heterocycles. The summed E-state index contributed by atoms with van der Waals surface area (Å²) >= 11 is 6.28. The molecule has 1 aliphatic heterocycles. The van der Waals surface area contributed by atoms with Gasteiger partial charge in [0.25, 0.3) is 5.91 Å². The highest BCUT2D eigenvalue weighted by atomic mass is 35.5. The Labute approximate surface area is 242 Å². The molecule has 0 bridgehead atoms. The molecule has 1 amide bonds. The highest BCUT2D eigenvalue weighted by Crippen LogP contribution is 2.40. The van der Waals surface area contributed by atoms with E-state index in [-0.39, 0.29) is 23.5 Å². The zero-order valence-electron chi connectivity index (χ0n) is 23.0. The van der Waals surface area contributed by atoms with Gasteiger partial charge in [-0.25, -0.2) is 13.1 Å². The number of aliphatic hydroxyl groups is 1. The third-order valence-electron chi connectivity index (χ3n) is 8.93. The summed E-state index contributed by atoms with van der Waals surface area (Å²) < 4.78 is 34.3. The van der Waals surface area contributed by atoms with E-state index in [1.54, 1.807) is 24.3 Å². The number of allylic oxidation sites excluding steroid dienone is 1. The van der Waals surface area contributed by atoms with Gasteiger partial charge in [0, 0.05) is 23.7 Å². The predicted molar refractivity (Wildman–Crippen MR) is 158 cm³/mol. The van der Waals surface area contributed by atoms with Gasteiger partial charge in [0.1, 0.15) is 12.4 Å². The number of hydrogen-bond acceptors (Lipinski definition) is 6. The fourth-order valence-corrected chi connectivity index (χ4v) is 7.88. The summed E-state index contributed by atoms with van der Waals surface area (Å²) in [5.74, 6) is 0.761. The van der Waals surface area contributed by atoms with Crippen molar-refractivity contribution in [2.75, 3.05) is 18.0 Å². The Morgan fingerprint density at radius 2 is 2.00 bits per heavy atom. The second kappa shape index (κ2) is 12.1. The van der Waals surface area contributed by atoms with E-state index in [4.69, 9.17) is 16.3 Å². The lowest BCUT2D eigenvalue weighted by Crippen LogP contribution is -2.44. The van der Waals surface area contributed by atoms with Crippen LogP contribution in [0, 0.1) is 17.8 Å². The molecule has 7 nitrogen and oxygen atoms in total. The number of nitrogens with one attached hydrogen (secondary N) is 1. The second-order valence-electron chi connectivity index (χ2n) is 11.6. The molecule has 2 aromatic carbocycles. The summed E-state index contributed by atoms with van der Waals surface area (Å²) in [4.78, 5) is 15.4. The second-order valence-corrected chi connectivity index (χ2v) is 14.0. The summed E-state index contributed by atoms with van der Waals surface area (Å²) in [5, 5.41) is 10.4. The van der Waals surface area contributed by atoms with E-state index in [0.717, 1.165) is 56.4 Å². The number of aliphatic hydroxyl groups excluding tert-OH is 1. The maximum Gasteiger partial charge on any atom is 0.264 e. The van der Waals surface area contributed by atoms with Crippen molar-refractivity contribution < 1.29 is 23.1 Å². The maximum absolute atomic E-state index is 13.2. The monoisotopic (exact) mass is 586 g/mol. The highest BCUT2D eigenvalue weighted by molar-refractivity contribution is 7.90. The topological polar surface area (TPSA) is 95.9 Å². The number of carbonyl (C=O) groups excluding carboxylic acids is 1. The average Bonchev–Trinajstić information content (AvgIpc) is 2.88. The van der Waals surface area contributed by atoms with Gasteiger partial charge in [-0.2, -0.15) is 0 Å². The first-order valence-corrected chi connectivity index (χ1v) is 16.2. The molecule has 0 unspecified atom stereocenters. The van der Waals surface area contributed by atoms with Crippen molar-refractivity contribution in [2.45, 2.75) is 69.8 Å². The van der Waals surface area contributed by atoms with Crippen LogP contribution in [0.3, 0.4) is 0 Å². The molecule has 1 heterocycles. The molecule has 2 fully saturated rings. The van der Waals surface area contributed by atoms with Crippen LogP contribution >= 0.6 is 11.6 Å². The van der Waals surface area contributed by atoms with E-state index in [1.165, 1.54) is 5.56 Å². The van der Waals surface area contributed by atoms with Crippen LogP contribution in [0.25, 0.3) is 0 Å². The Hall–Kier alpha value is -2.55. The molecule has 216 valence electrons. The van der Waals surface area contributed by atoms with Crippen LogP contribution in [0.15, 0.2) is 49.1 Å². The molecular formula is C31H39ClN2O5S. The lowest BCUT2D eigenvalue weighted by atomic mass is 9.70. The number of carbonyl (C=O) groups is 1. The summed E-state index contributed by atoms with van der Waals surface area (Å²) in [5.41, 5.74) is 3.29. The first-order valence-electron chi connectivity index (χ1n) is 14.3. The van der Waals surface area contributed by atoms with Crippen molar-refractivity contribution in [3.63, 3.8) is 0 Å². The lowest BCUT2D eigenvalue weighted by Gasteiger charge is -2.42. The molecule has 3 aliphatic rings. The fraction of sp³-hybridized carbons (Fsp3) is 0.516. The van der Waals surface area contributed by atoms with Gasteiger partial charge in [-0.15, -0.1) is 6.58 Å². The average molecular weight is 587 g/mol. The van der Waals surface area contributed by atoms with E-state index in [2.05, 4.69) is 16.2 Å². The van der Waals surface area contributed by atoms with E-state index in [1.807, 2.05) is 25.1 Å². The van der Waals surface area contributed by atoms with Gasteiger partial charge in [0.15, 0.2) is 0 Å².